The van der Waals surface area contributed by atoms with Crippen molar-refractivity contribution in [2.45, 2.75) is 44.8 Å². The van der Waals surface area contributed by atoms with Crippen LogP contribution in [0.2, 0.25) is 0 Å². The Balaban J connectivity index is 1.93. The maximum atomic E-state index is 12.0. The third kappa shape index (κ3) is 4.11. The first-order valence-electron chi connectivity index (χ1n) is 7.13. The third-order valence-electron chi connectivity index (χ3n) is 3.57. The van der Waals surface area contributed by atoms with E-state index < -0.39 is 12.1 Å². The first-order valence-corrected chi connectivity index (χ1v) is 7.13. The van der Waals surface area contributed by atoms with E-state index >= 15 is 0 Å². The minimum Gasteiger partial charge on any atom is -0.449 e. The summed E-state index contributed by atoms with van der Waals surface area (Å²) in [5.41, 5.74) is 12.3. The fourth-order valence-electron chi connectivity index (χ4n) is 2.47. The van der Waals surface area contributed by atoms with Crippen LogP contribution in [0.3, 0.4) is 0 Å². The van der Waals surface area contributed by atoms with Crippen molar-refractivity contribution in [1.82, 2.24) is 5.32 Å². The number of nitrogen functional groups attached to an aromatic ring is 2. The second kappa shape index (κ2) is 6.47. The van der Waals surface area contributed by atoms with E-state index in [-0.39, 0.29) is 17.5 Å². The van der Waals surface area contributed by atoms with Gasteiger partial charge in [0, 0.05) is 17.4 Å². The summed E-state index contributed by atoms with van der Waals surface area (Å²) in [6, 6.07) is 4.69. The number of nitrogens with two attached hydrogens (primary N) is 2. The molecule has 114 valence electrons. The fourth-order valence-corrected chi connectivity index (χ4v) is 2.47. The number of hydrogen-bond acceptors (Lipinski definition) is 5. The number of hydrogen-bond donors (Lipinski definition) is 3. The largest absolute Gasteiger partial charge is 0.449 e. The Morgan fingerprint density at radius 3 is 2.33 bits per heavy atom. The minimum atomic E-state index is -0.847. The van der Waals surface area contributed by atoms with Crippen LogP contribution in [0, 0.1) is 0 Å². The Labute approximate surface area is 123 Å². The Morgan fingerprint density at radius 2 is 1.76 bits per heavy atom. The van der Waals surface area contributed by atoms with Crippen LogP contribution in [-0.2, 0) is 9.53 Å². The fraction of sp³-hybridized carbons (Fsp3) is 0.467. The van der Waals surface area contributed by atoms with Gasteiger partial charge in [-0.25, -0.2) is 4.79 Å². The average Bonchev–Trinajstić information content (AvgIpc) is 2.90. The van der Waals surface area contributed by atoms with Gasteiger partial charge in [0.05, 0.1) is 5.56 Å². The van der Waals surface area contributed by atoms with Gasteiger partial charge in [-0.3, -0.25) is 4.79 Å². The van der Waals surface area contributed by atoms with Gasteiger partial charge in [0.1, 0.15) is 0 Å². The molecule has 1 unspecified atom stereocenters. The molecule has 6 nitrogen and oxygen atoms in total. The molecule has 0 radical (unpaired) electrons. The van der Waals surface area contributed by atoms with E-state index in [2.05, 4.69) is 5.32 Å². The van der Waals surface area contributed by atoms with E-state index in [9.17, 15) is 9.59 Å². The first kappa shape index (κ1) is 15.2. The second-order valence-corrected chi connectivity index (χ2v) is 5.43. The van der Waals surface area contributed by atoms with E-state index in [4.69, 9.17) is 16.2 Å². The highest BCUT2D eigenvalue weighted by Gasteiger charge is 2.23. The first-order chi connectivity index (χ1) is 9.95. The molecule has 1 amide bonds. The molecule has 21 heavy (non-hydrogen) atoms. The van der Waals surface area contributed by atoms with Crippen molar-refractivity contribution in [3.05, 3.63) is 23.8 Å². The molecule has 1 aromatic carbocycles. The van der Waals surface area contributed by atoms with Gasteiger partial charge in [-0.15, -0.1) is 0 Å². The van der Waals surface area contributed by atoms with Gasteiger partial charge in [0.2, 0.25) is 0 Å². The van der Waals surface area contributed by atoms with Crippen LogP contribution < -0.4 is 16.8 Å². The molecule has 0 spiro atoms. The monoisotopic (exact) mass is 291 g/mol. The molecular weight excluding hydrogens is 270 g/mol. The molecule has 0 bridgehead atoms. The maximum absolute atomic E-state index is 12.0. The van der Waals surface area contributed by atoms with Gasteiger partial charge >= 0.3 is 5.97 Å². The van der Waals surface area contributed by atoms with E-state index in [0.29, 0.717) is 11.4 Å². The van der Waals surface area contributed by atoms with Crippen LogP contribution >= 0.6 is 0 Å². The summed E-state index contributed by atoms with van der Waals surface area (Å²) in [7, 11) is 0. The van der Waals surface area contributed by atoms with Gasteiger partial charge in [-0.1, -0.05) is 12.8 Å². The number of rotatable bonds is 4. The normalized spacial score (nSPS) is 16.4. The second-order valence-electron chi connectivity index (χ2n) is 5.43. The van der Waals surface area contributed by atoms with Gasteiger partial charge in [-0.05, 0) is 38.0 Å². The van der Waals surface area contributed by atoms with Crippen molar-refractivity contribution < 1.29 is 14.3 Å². The molecule has 6 heteroatoms. The Morgan fingerprint density at radius 1 is 1.19 bits per heavy atom. The van der Waals surface area contributed by atoms with Crippen molar-refractivity contribution in [2.75, 3.05) is 11.5 Å². The number of nitrogens with one attached hydrogen (secondary N) is 1. The van der Waals surface area contributed by atoms with Crippen LogP contribution in [0.1, 0.15) is 43.0 Å². The third-order valence-corrected chi connectivity index (χ3v) is 3.57. The number of benzene rings is 1. The van der Waals surface area contributed by atoms with Crippen molar-refractivity contribution in [3.63, 3.8) is 0 Å². The van der Waals surface area contributed by atoms with Gasteiger partial charge in [0.15, 0.2) is 6.10 Å². The maximum Gasteiger partial charge on any atom is 0.339 e. The SMILES string of the molecule is CC(OC(=O)c1cc(N)cc(N)c1)C(=O)NC1CCCC1. The highest BCUT2D eigenvalue weighted by molar-refractivity contribution is 5.94. The standard InChI is InChI=1S/C15H21N3O3/c1-9(14(19)18-13-4-2-3-5-13)21-15(20)10-6-11(16)8-12(17)7-10/h6-9,13H,2-5,16-17H2,1H3,(H,18,19). The van der Waals surface area contributed by atoms with Crippen molar-refractivity contribution in [3.8, 4) is 0 Å². The molecular formula is C15H21N3O3. The van der Waals surface area contributed by atoms with Gasteiger partial charge < -0.3 is 21.5 Å². The summed E-state index contributed by atoms with van der Waals surface area (Å²) >= 11 is 0. The predicted octanol–water partition coefficient (Wildman–Crippen LogP) is 1.46. The highest BCUT2D eigenvalue weighted by Crippen LogP contribution is 2.18. The molecule has 2 rings (SSSR count). The molecule has 1 aromatic rings. The zero-order valence-corrected chi connectivity index (χ0v) is 12.1. The van der Waals surface area contributed by atoms with Crippen molar-refractivity contribution in [2.24, 2.45) is 0 Å². The van der Waals surface area contributed by atoms with E-state index in [1.165, 1.54) is 12.1 Å². The molecule has 0 aliphatic heterocycles. The smallest absolute Gasteiger partial charge is 0.339 e. The number of amides is 1. The summed E-state index contributed by atoms with van der Waals surface area (Å²) in [5.74, 6) is -0.879. The summed E-state index contributed by atoms with van der Waals surface area (Å²) in [5, 5.41) is 2.89. The number of anilines is 2. The molecule has 1 saturated carbocycles. The molecule has 1 fully saturated rings. The number of ether oxygens (including phenoxy) is 1. The topological polar surface area (TPSA) is 107 Å². The molecule has 5 N–H and O–H groups in total. The summed E-state index contributed by atoms with van der Waals surface area (Å²) in [6.45, 7) is 1.55. The summed E-state index contributed by atoms with van der Waals surface area (Å²) in [4.78, 5) is 23.9. The van der Waals surface area contributed by atoms with Gasteiger partial charge in [-0.2, -0.15) is 0 Å². The van der Waals surface area contributed by atoms with Crippen LogP contribution in [0.5, 0.6) is 0 Å². The van der Waals surface area contributed by atoms with Crippen LogP contribution in [-0.4, -0.2) is 24.0 Å². The van der Waals surface area contributed by atoms with Crippen LogP contribution in [0.25, 0.3) is 0 Å². The van der Waals surface area contributed by atoms with Crippen molar-refractivity contribution in [1.29, 1.82) is 0 Å². The molecule has 1 atom stereocenters. The lowest BCUT2D eigenvalue weighted by molar-refractivity contribution is -0.129. The summed E-state index contributed by atoms with van der Waals surface area (Å²) < 4.78 is 5.16. The predicted molar refractivity (Wildman–Crippen MR) is 80.5 cm³/mol. The molecule has 1 aliphatic rings. The van der Waals surface area contributed by atoms with Crippen LogP contribution in [0.4, 0.5) is 11.4 Å². The zero-order chi connectivity index (χ0) is 15.4. The van der Waals surface area contributed by atoms with Gasteiger partial charge in [0.25, 0.3) is 5.91 Å². The van der Waals surface area contributed by atoms with Crippen molar-refractivity contribution >= 4 is 23.3 Å². The van der Waals surface area contributed by atoms with Crippen LogP contribution in [0.15, 0.2) is 18.2 Å². The Kier molecular flexibility index (Phi) is 4.67. The zero-order valence-electron chi connectivity index (χ0n) is 12.1. The lowest BCUT2D eigenvalue weighted by Crippen LogP contribution is -2.40. The molecule has 1 aliphatic carbocycles. The number of carbonyl (C=O) groups is 2. The Bertz CT molecular complexity index is 519. The molecule has 0 saturated heterocycles. The van der Waals surface area contributed by atoms with E-state index in [1.807, 2.05) is 0 Å². The minimum absolute atomic E-state index is 0.196. The number of esters is 1. The lowest BCUT2D eigenvalue weighted by atomic mass is 10.2. The highest BCUT2D eigenvalue weighted by atomic mass is 16.5. The molecule has 0 heterocycles. The number of carbonyl (C=O) groups excluding carboxylic acids is 2. The lowest BCUT2D eigenvalue weighted by Gasteiger charge is -2.17. The average molecular weight is 291 g/mol. The van der Waals surface area contributed by atoms with E-state index in [1.54, 1.807) is 13.0 Å². The summed E-state index contributed by atoms with van der Waals surface area (Å²) in [6.07, 6.45) is 3.38. The quantitative estimate of drug-likeness (QED) is 0.575. The molecule has 0 aromatic heterocycles. The Hall–Kier alpha value is -2.24. The van der Waals surface area contributed by atoms with E-state index in [0.717, 1.165) is 25.7 Å².